The van der Waals surface area contributed by atoms with Crippen molar-refractivity contribution < 1.29 is 29.4 Å². The molecule has 0 aliphatic heterocycles. The lowest BCUT2D eigenvalue weighted by Crippen LogP contribution is -2.44. The smallest absolute Gasteiger partial charge is 0.326 e. The van der Waals surface area contributed by atoms with Crippen LogP contribution in [-0.2, 0) is 19.2 Å². The van der Waals surface area contributed by atoms with E-state index in [4.69, 9.17) is 10.2 Å². The number of nitrogens with zero attached hydrogens (tertiary/aromatic N) is 1. The van der Waals surface area contributed by atoms with Crippen LogP contribution in [0.25, 0.3) is 0 Å². The molecule has 0 aromatic heterocycles. The van der Waals surface area contributed by atoms with Gasteiger partial charge < -0.3 is 20.8 Å². The molecule has 1 saturated carbocycles. The molecule has 1 unspecified atom stereocenters. The summed E-state index contributed by atoms with van der Waals surface area (Å²) < 4.78 is 0. The first-order valence-corrected chi connectivity index (χ1v) is 9.51. The topological polar surface area (TPSA) is 136 Å². The van der Waals surface area contributed by atoms with Crippen LogP contribution in [0.15, 0.2) is 18.2 Å². The second kappa shape index (κ2) is 10.0. The zero-order chi connectivity index (χ0) is 21.6. The van der Waals surface area contributed by atoms with Gasteiger partial charge in [0.25, 0.3) is 0 Å². The first-order valence-electron chi connectivity index (χ1n) is 9.51. The molecule has 9 nitrogen and oxygen atoms in total. The van der Waals surface area contributed by atoms with Crippen molar-refractivity contribution in [2.45, 2.75) is 51.6 Å². The predicted molar refractivity (Wildman–Crippen MR) is 106 cm³/mol. The van der Waals surface area contributed by atoms with Crippen LogP contribution in [0.3, 0.4) is 0 Å². The fourth-order valence-electron chi connectivity index (χ4n) is 3.09. The van der Waals surface area contributed by atoms with Gasteiger partial charge in [-0.15, -0.1) is 0 Å². The number of rotatable bonds is 11. The molecular formula is C20H27N3O6. The highest BCUT2D eigenvalue weighted by Gasteiger charge is 2.31. The molecule has 2 amide bonds. The summed E-state index contributed by atoms with van der Waals surface area (Å²) in [5.74, 6) is -3.43. The first kappa shape index (κ1) is 22.4. The molecule has 1 aliphatic rings. The van der Waals surface area contributed by atoms with Crippen molar-refractivity contribution in [3.8, 4) is 0 Å². The van der Waals surface area contributed by atoms with Gasteiger partial charge in [-0.3, -0.25) is 19.3 Å². The minimum absolute atomic E-state index is 0.0173. The van der Waals surface area contributed by atoms with Crippen LogP contribution in [-0.4, -0.2) is 64.0 Å². The minimum atomic E-state index is -1.47. The Kier molecular flexibility index (Phi) is 7.72. The van der Waals surface area contributed by atoms with Gasteiger partial charge in [-0.2, -0.15) is 0 Å². The lowest BCUT2D eigenvalue weighted by atomic mass is 10.1. The van der Waals surface area contributed by atoms with E-state index in [0.29, 0.717) is 0 Å². The first-order chi connectivity index (χ1) is 13.7. The van der Waals surface area contributed by atoms with Gasteiger partial charge in [-0.25, -0.2) is 4.79 Å². The maximum absolute atomic E-state index is 12.5. The fourth-order valence-corrected chi connectivity index (χ4v) is 3.09. The van der Waals surface area contributed by atoms with E-state index < -0.39 is 30.3 Å². The summed E-state index contributed by atoms with van der Waals surface area (Å²) in [7, 11) is 0. The lowest BCUT2D eigenvalue weighted by Gasteiger charge is -2.22. The van der Waals surface area contributed by atoms with Gasteiger partial charge in [0, 0.05) is 24.7 Å². The van der Waals surface area contributed by atoms with E-state index >= 15 is 0 Å². The normalized spacial score (nSPS) is 14.3. The second-order valence-corrected chi connectivity index (χ2v) is 7.32. The van der Waals surface area contributed by atoms with E-state index in [0.717, 1.165) is 29.7 Å². The van der Waals surface area contributed by atoms with E-state index in [9.17, 15) is 19.2 Å². The fraction of sp³-hybridized carbons (Fsp3) is 0.500. The number of aryl methyl sites for hydroxylation is 2. The Bertz CT molecular complexity index is 770. The van der Waals surface area contributed by atoms with Crippen molar-refractivity contribution in [3.63, 3.8) is 0 Å². The maximum Gasteiger partial charge on any atom is 0.326 e. The summed E-state index contributed by atoms with van der Waals surface area (Å²) in [6, 6.07) is 4.51. The highest BCUT2D eigenvalue weighted by Crippen LogP contribution is 2.27. The Morgan fingerprint density at radius 1 is 1.10 bits per heavy atom. The van der Waals surface area contributed by atoms with Crippen molar-refractivity contribution in [2.75, 3.05) is 18.4 Å². The van der Waals surface area contributed by atoms with Crippen LogP contribution >= 0.6 is 0 Å². The van der Waals surface area contributed by atoms with Gasteiger partial charge >= 0.3 is 11.9 Å². The Morgan fingerprint density at radius 2 is 1.72 bits per heavy atom. The molecule has 0 bridgehead atoms. The summed E-state index contributed by atoms with van der Waals surface area (Å²) in [6.07, 6.45) is 1.17. The summed E-state index contributed by atoms with van der Waals surface area (Å²) in [5.41, 5.74) is 2.71. The number of carboxylic acids is 2. The number of amides is 2. The number of hydrogen-bond acceptors (Lipinski definition) is 5. The standard InChI is InChI=1S/C20H27N3O6/c1-12-4-3-5-13(2)19(12)22-17(25)11-23(14-6-7-14)9-8-16(24)21-15(20(28)29)10-18(26)27/h3-5,14-15H,6-11H2,1-2H3,(H,21,24)(H,22,25)(H,26,27)(H,28,29). The average molecular weight is 405 g/mol. The van der Waals surface area contributed by atoms with Crippen molar-refractivity contribution in [3.05, 3.63) is 29.3 Å². The number of hydrogen-bond donors (Lipinski definition) is 4. The quantitative estimate of drug-likeness (QED) is 0.433. The third-order valence-corrected chi connectivity index (χ3v) is 4.79. The molecule has 0 saturated heterocycles. The number of carboxylic acid groups (broad SMARTS) is 2. The Labute approximate surface area is 169 Å². The van der Waals surface area contributed by atoms with Gasteiger partial charge in [-0.1, -0.05) is 18.2 Å². The Balaban J connectivity index is 1.88. The molecule has 1 aromatic carbocycles. The second-order valence-electron chi connectivity index (χ2n) is 7.32. The van der Waals surface area contributed by atoms with Gasteiger partial charge in [0.2, 0.25) is 11.8 Å². The van der Waals surface area contributed by atoms with Crippen LogP contribution in [0.5, 0.6) is 0 Å². The van der Waals surface area contributed by atoms with Crippen LogP contribution in [0.1, 0.15) is 36.8 Å². The monoisotopic (exact) mass is 405 g/mol. The SMILES string of the molecule is Cc1cccc(C)c1NC(=O)CN(CCC(=O)NC(CC(=O)O)C(=O)O)C1CC1. The Morgan fingerprint density at radius 3 is 2.24 bits per heavy atom. The number of nitrogens with one attached hydrogen (secondary N) is 2. The number of aliphatic carboxylic acids is 2. The zero-order valence-corrected chi connectivity index (χ0v) is 16.6. The number of carbonyl (C=O) groups excluding carboxylic acids is 2. The third-order valence-electron chi connectivity index (χ3n) is 4.79. The van der Waals surface area contributed by atoms with Crippen LogP contribution < -0.4 is 10.6 Å². The van der Waals surface area contributed by atoms with E-state index in [-0.39, 0.29) is 31.5 Å². The van der Waals surface area contributed by atoms with Crippen molar-refractivity contribution >= 4 is 29.4 Å². The van der Waals surface area contributed by atoms with Gasteiger partial charge in [0.15, 0.2) is 0 Å². The maximum atomic E-state index is 12.5. The summed E-state index contributed by atoms with van der Waals surface area (Å²) in [5, 5.41) is 22.9. The van der Waals surface area contributed by atoms with E-state index in [1.54, 1.807) is 0 Å². The predicted octanol–water partition coefficient (Wildman–Crippen LogP) is 1.14. The summed E-state index contributed by atoms with van der Waals surface area (Å²) in [4.78, 5) is 48.2. The summed E-state index contributed by atoms with van der Waals surface area (Å²) in [6.45, 7) is 4.25. The molecule has 0 heterocycles. The van der Waals surface area contributed by atoms with Gasteiger partial charge in [-0.05, 0) is 37.8 Å². The Hall–Kier alpha value is -2.94. The van der Waals surface area contributed by atoms with Crippen molar-refractivity contribution in [1.82, 2.24) is 10.2 Å². The zero-order valence-electron chi connectivity index (χ0n) is 16.6. The molecule has 1 atom stereocenters. The molecular weight excluding hydrogens is 378 g/mol. The molecule has 2 rings (SSSR count). The number of benzene rings is 1. The third kappa shape index (κ3) is 7.19. The average Bonchev–Trinajstić information content (AvgIpc) is 3.46. The van der Waals surface area contributed by atoms with Crippen LogP contribution in [0.2, 0.25) is 0 Å². The van der Waals surface area contributed by atoms with E-state index in [1.165, 1.54) is 0 Å². The van der Waals surface area contributed by atoms with Crippen molar-refractivity contribution in [2.24, 2.45) is 0 Å². The van der Waals surface area contributed by atoms with Crippen LogP contribution in [0, 0.1) is 13.8 Å². The number of carbonyl (C=O) groups is 4. The highest BCUT2D eigenvalue weighted by molar-refractivity contribution is 5.94. The molecule has 1 fully saturated rings. The van der Waals surface area contributed by atoms with Gasteiger partial charge in [0.05, 0.1) is 13.0 Å². The summed E-state index contributed by atoms with van der Waals surface area (Å²) >= 11 is 0. The molecule has 1 aliphatic carbocycles. The molecule has 29 heavy (non-hydrogen) atoms. The van der Waals surface area contributed by atoms with E-state index in [2.05, 4.69) is 10.6 Å². The largest absolute Gasteiger partial charge is 0.481 e. The van der Waals surface area contributed by atoms with Crippen molar-refractivity contribution in [1.29, 1.82) is 0 Å². The molecule has 0 spiro atoms. The molecule has 1 aromatic rings. The highest BCUT2D eigenvalue weighted by atomic mass is 16.4. The minimum Gasteiger partial charge on any atom is -0.481 e. The molecule has 4 N–H and O–H groups in total. The van der Waals surface area contributed by atoms with Gasteiger partial charge in [0.1, 0.15) is 6.04 Å². The number of anilines is 1. The van der Waals surface area contributed by atoms with Crippen LogP contribution in [0.4, 0.5) is 5.69 Å². The molecule has 0 radical (unpaired) electrons. The lowest BCUT2D eigenvalue weighted by molar-refractivity contribution is -0.147. The molecule has 9 heteroatoms. The van der Waals surface area contributed by atoms with E-state index in [1.807, 2.05) is 36.9 Å². The molecule has 158 valence electrons. The number of para-hydroxylation sites is 1.